The summed E-state index contributed by atoms with van der Waals surface area (Å²) < 4.78 is 5.33. The van der Waals surface area contributed by atoms with Gasteiger partial charge in [0, 0.05) is 12.2 Å². The largest absolute Gasteiger partial charge is 0.378 e. The predicted octanol–water partition coefficient (Wildman–Crippen LogP) is 1.49. The fourth-order valence-corrected chi connectivity index (χ4v) is 2.85. The molecule has 1 aromatic carbocycles. The Labute approximate surface area is 113 Å². The second-order valence-corrected chi connectivity index (χ2v) is 5.22. The molecule has 0 radical (unpaired) electrons. The van der Waals surface area contributed by atoms with Crippen LogP contribution in [0, 0.1) is 0 Å². The number of aryl methyl sites for hydroxylation is 1. The zero-order valence-electron chi connectivity index (χ0n) is 11.1. The van der Waals surface area contributed by atoms with E-state index >= 15 is 0 Å². The Morgan fingerprint density at radius 2 is 2.21 bits per heavy atom. The van der Waals surface area contributed by atoms with E-state index in [0.717, 1.165) is 25.1 Å². The van der Waals surface area contributed by atoms with Crippen LogP contribution in [-0.4, -0.2) is 31.7 Å². The van der Waals surface area contributed by atoms with Gasteiger partial charge in [-0.25, -0.2) is 0 Å². The maximum absolute atomic E-state index is 12.2. The lowest BCUT2D eigenvalue weighted by molar-refractivity contribution is -0.120. The number of rotatable bonds is 2. The number of ether oxygens (including phenoxy) is 1. The van der Waals surface area contributed by atoms with Crippen molar-refractivity contribution in [2.75, 3.05) is 25.1 Å². The first kappa shape index (κ1) is 12.6. The molecule has 0 bridgehead atoms. The molecule has 19 heavy (non-hydrogen) atoms. The number of morpholine rings is 1. The summed E-state index contributed by atoms with van der Waals surface area (Å²) in [4.78, 5) is 12.2. The molecule has 2 aliphatic rings. The molecule has 3 rings (SSSR count). The Morgan fingerprint density at radius 1 is 1.32 bits per heavy atom. The van der Waals surface area contributed by atoms with Crippen LogP contribution in [0.2, 0.25) is 0 Å². The topological polar surface area (TPSA) is 50.4 Å². The van der Waals surface area contributed by atoms with Gasteiger partial charge in [-0.05, 0) is 42.9 Å². The third-order valence-electron chi connectivity index (χ3n) is 3.89. The standard InChI is InChI=1S/C15H20N2O2/c18-15(14-10-19-9-8-16-14)17-13-7-3-5-11-4-1-2-6-12(11)13/h3,5,7,14,16H,1-2,4,6,8-10H2,(H,17,18). The maximum atomic E-state index is 12.2. The van der Waals surface area contributed by atoms with Crippen LogP contribution >= 0.6 is 0 Å². The number of benzene rings is 1. The Morgan fingerprint density at radius 3 is 3.05 bits per heavy atom. The van der Waals surface area contributed by atoms with E-state index in [1.807, 2.05) is 12.1 Å². The van der Waals surface area contributed by atoms with Gasteiger partial charge in [-0.3, -0.25) is 4.79 Å². The second-order valence-electron chi connectivity index (χ2n) is 5.22. The first-order chi connectivity index (χ1) is 9.34. The van der Waals surface area contributed by atoms with Crippen molar-refractivity contribution in [1.29, 1.82) is 0 Å². The van der Waals surface area contributed by atoms with Crippen LogP contribution in [0.3, 0.4) is 0 Å². The predicted molar refractivity (Wildman–Crippen MR) is 74.3 cm³/mol. The van der Waals surface area contributed by atoms with Crippen LogP contribution < -0.4 is 10.6 Å². The van der Waals surface area contributed by atoms with E-state index in [4.69, 9.17) is 4.74 Å². The average molecular weight is 260 g/mol. The summed E-state index contributed by atoms with van der Waals surface area (Å²) in [6, 6.07) is 5.98. The molecule has 1 unspecified atom stereocenters. The highest BCUT2D eigenvalue weighted by atomic mass is 16.5. The maximum Gasteiger partial charge on any atom is 0.243 e. The Hall–Kier alpha value is -1.39. The van der Waals surface area contributed by atoms with Gasteiger partial charge in [-0.1, -0.05) is 12.1 Å². The molecule has 1 fully saturated rings. The van der Waals surface area contributed by atoms with E-state index in [-0.39, 0.29) is 11.9 Å². The Bertz CT molecular complexity index is 467. The minimum absolute atomic E-state index is 0.0127. The monoisotopic (exact) mass is 260 g/mol. The quantitative estimate of drug-likeness (QED) is 0.847. The van der Waals surface area contributed by atoms with E-state index in [9.17, 15) is 4.79 Å². The highest BCUT2D eigenvalue weighted by Crippen LogP contribution is 2.27. The summed E-state index contributed by atoms with van der Waals surface area (Å²) in [7, 11) is 0. The van der Waals surface area contributed by atoms with Crippen molar-refractivity contribution in [3.05, 3.63) is 29.3 Å². The molecule has 0 spiro atoms. The molecule has 1 aromatic rings. The molecular weight excluding hydrogens is 240 g/mol. The summed E-state index contributed by atoms with van der Waals surface area (Å²) in [5.41, 5.74) is 3.69. The summed E-state index contributed by atoms with van der Waals surface area (Å²) in [6.45, 7) is 1.89. The zero-order valence-corrected chi connectivity index (χ0v) is 11.1. The molecule has 102 valence electrons. The molecule has 4 nitrogen and oxygen atoms in total. The number of carbonyl (C=O) groups is 1. The van der Waals surface area contributed by atoms with Crippen molar-refractivity contribution in [3.63, 3.8) is 0 Å². The highest BCUT2D eigenvalue weighted by Gasteiger charge is 2.22. The van der Waals surface area contributed by atoms with E-state index in [2.05, 4.69) is 16.7 Å². The van der Waals surface area contributed by atoms with Gasteiger partial charge in [0.25, 0.3) is 0 Å². The van der Waals surface area contributed by atoms with Gasteiger partial charge in [-0.15, -0.1) is 0 Å². The SMILES string of the molecule is O=C(Nc1cccc2c1CCCC2)C1COCCN1. The van der Waals surface area contributed by atoms with Gasteiger partial charge < -0.3 is 15.4 Å². The summed E-state index contributed by atoms with van der Waals surface area (Å²) >= 11 is 0. The molecule has 0 aromatic heterocycles. The van der Waals surface area contributed by atoms with Crippen LogP contribution in [-0.2, 0) is 22.4 Å². The lowest BCUT2D eigenvalue weighted by atomic mass is 9.90. The number of amides is 1. The van der Waals surface area contributed by atoms with Gasteiger partial charge in [-0.2, -0.15) is 0 Å². The van der Waals surface area contributed by atoms with Crippen LogP contribution in [0.15, 0.2) is 18.2 Å². The molecular formula is C15H20N2O2. The minimum Gasteiger partial charge on any atom is -0.378 e. The van der Waals surface area contributed by atoms with Gasteiger partial charge in [0.05, 0.1) is 13.2 Å². The first-order valence-electron chi connectivity index (χ1n) is 7.07. The third-order valence-corrected chi connectivity index (χ3v) is 3.89. The number of hydrogen-bond donors (Lipinski definition) is 2. The third kappa shape index (κ3) is 2.80. The Kier molecular flexibility index (Phi) is 3.80. The van der Waals surface area contributed by atoms with Crippen molar-refractivity contribution < 1.29 is 9.53 Å². The summed E-state index contributed by atoms with van der Waals surface area (Å²) in [5.74, 6) is 0.0127. The fourth-order valence-electron chi connectivity index (χ4n) is 2.85. The van der Waals surface area contributed by atoms with Gasteiger partial charge in [0.2, 0.25) is 5.91 Å². The molecule has 1 aliphatic carbocycles. The molecule has 1 atom stereocenters. The van der Waals surface area contributed by atoms with Crippen LogP contribution in [0.5, 0.6) is 0 Å². The smallest absolute Gasteiger partial charge is 0.243 e. The van der Waals surface area contributed by atoms with E-state index < -0.39 is 0 Å². The lowest BCUT2D eigenvalue weighted by Gasteiger charge is -2.25. The number of hydrogen-bond acceptors (Lipinski definition) is 3. The van der Waals surface area contributed by atoms with Gasteiger partial charge in [0.1, 0.15) is 6.04 Å². The van der Waals surface area contributed by atoms with Crippen molar-refractivity contribution >= 4 is 11.6 Å². The number of nitrogens with one attached hydrogen (secondary N) is 2. The number of fused-ring (bicyclic) bond motifs is 1. The van der Waals surface area contributed by atoms with Crippen molar-refractivity contribution in [2.24, 2.45) is 0 Å². The molecule has 0 saturated carbocycles. The van der Waals surface area contributed by atoms with Crippen molar-refractivity contribution in [2.45, 2.75) is 31.7 Å². The van der Waals surface area contributed by atoms with Crippen LogP contribution in [0.4, 0.5) is 5.69 Å². The molecule has 1 saturated heterocycles. The van der Waals surface area contributed by atoms with E-state index in [1.54, 1.807) is 0 Å². The Balaban J connectivity index is 1.74. The average Bonchev–Trinajstić information content (AvgIpc) is 2.48. The highest BCUT2D eigenvalue weighted by molar-refractivity contribution is 5.95. The number of anilines is 1. The fraction of sp³-hybridized carbons (Fsp3) is 0.533. The van der Waals surface area contributed by atoms with Crippen molar-refractivity contribution in [1.82, 2.24) is 5.32 Å². The summed E-state index contributed by atoms with van der Waals surface area (Å²) in [6.07, 6.45) is 4.66. The van der Waals surface area contributed by atoms with Crippen LogP contribution in [0.25, 0.3) is 0 Å². The molecule has 4 heteroatoms. The molecule has 1 amide bonds. The lowest BCUT2D eigenvalue weighted by Crippen LogP contribution is -2.48. The van der Waals surface area contributed by atoms with Gasteiger partial charge in [0.15, 0.2) is 0 Å². The van der Waals surface area contributed by atoms with Gasteiger partial charge >= 0.3 is 0 Å². The zero-order chi connectivity index (χ0) is 13.1. The molecule has 1 aliphatic heterocycles. The molecule has 1 heterocycles. The van der Waals surface area contributed by atoms with E-state index in [0.29, 0.717) is 13.2 Å². The summed E-state index contributed by atoms with van der Waals surface area (Å²) in [5, 5.41) is 6.24. The second kappa shape index (κ2) is 5.72. The minimum atomic E-state index is -0.229. The van der Waals surface area contributed by atoms with Crippen molar-refractivity contribution in [3.8, 4) is 0 Å². The molecule has 2 N–H and O–H groups in total. The van der Waals surface area contributed by atoms with Crippen LogP contribution in [0.1, 0.15) is 24.0 Å². The van der Waals surface area contributed by atoms with E-state index in [1.165, 1.54) is 24.0 Å². The number of carbonyl (C=O) groups excluding carboxylic acids is 1. The normalized spacial score (nSPS) is 22.6. The first-order valence-corrected chi connectivity index (χ1v) is 7.07.